The molecule has 0 saturated heterocycles. The molecule has 2 nitrogen and oxygen atoms in total. The average Bonchev–Trinajstić information content (AvgIpc) is 2.85. The predicted molar refractivity (Wildman–Crippen MR) is 76.9 cm³/mol. The van der Waals surface area contributed by atoms with Gasteiger partial charge >= 0.3 is 0 Å². The Hall–Kier alpha value is -1.74. The van der Waals surface area contributed by atoms with Crippen molar-refractivity contribution in [3.8, 4) is 0 Å². The summed E-state index contributed by atoms with van der Waals surface area (Å²) in [6.07, 6.45) is 6.92. The topological polar surface area (TPSA) is 30.0 Å². The minimum atomic E-state index is 0.706. The Bertz CT molecular complexity index is 557. The van der Waals surface area contributed by atoms with Crippen molar-refractivity contribution in [1.29, 1.82) is 0 Å². The standard InChI is InChI=1S/C15H15NOS/c1-2-5-15-16-14(11-18-15)9-8-12-6-3-4-7-13(12)10-17/h3-4,6-11H,2,5H2,1H3/b9-8+. The van der Waals surface area contributed by atoms with Crippen molar-refractivity contribution >= 4 is 29.8 Å². The number of hydrogen-bond acceptors (Lipinski definition) is 3. The summed E-state index contributed by atoms with van der Waals surface area (Å²) in [4.78, 5) is 15.4. The number of thiazole rings is 1. The summed E-state index contributed by atoms with van der Waals surface area (Å²) in [7, 11) is 0. The molecule has 1 heterocycles. The van der Waals surface area contributed by atoms with Crippen molar-refractivity contribution < 1.29 is 4.79 Å². The molecular formula is C15H15NOS. The fourth-order valence-electron chi connectivity index (χ4n) is 1.68. The van der Waals surface area contributed by atoms with Crippen molar-refractivity contribution in [2.75, 3.05) is 0 Å². The molecule has 0 amide bonds. The molecule has 0 aliphatic rings. The van der Waals surface area contributed by atoms with Crippen molar-refractivity contribution in [2.24, 2.45) is 0 Å². The summed E-state index contributed by atoms with van der Waals surface area (Å²) >= 11 is 1.69. The lowest BCUT2D eigenvalue weighted by Gasteiger charge is -1.96. The van der Waals surface area contributed by atoms with Crippen LogP contribution >= 0.6 is 11.3 Å². The summed E-state index contributed by atoms with van der Waals surface area (Å²) < 4.78 is 0. The molecule has 3 heteroatoms. The Morgan fingerprint density at radius 3 is 2.72 bits per heavy atom. The van der Waals surface area contributed by atoms with Gasteiger partial charge in [-0.3, -0.25) is 4.79 Å². The number of benzene rings is 1. The van der Waals surface area contributed by atoms with E-state index in [0.29, 0.717) is 5.56 Å². The smallest absolute Gasteiger partial charge is 0.150 e. The van der Waals surface area contributed by atoms with Crippen LogP contribution in [0.3, 0.4) is 0 Å². The maximum Gasteiger partial charge on any atom is 0.150 e. The number of carbonyl (C=O) groups excluding carboxylic acids is 1. The number of nitrogens with zero attached hydrogens (tertiary/aromatic N) is 1. The molecule has 0 aliphatic carbocycles. The Kier molecular flexibility index (Phi) is 4.42. The van der Waals surface area contributed by atoms with Crippen LogP contribution < -0.4 is 0 Å². The molecule has 0 saturated carbocycles. The summed E-state index contributed by atoms with van der Waals surface area (Å²) in [5.41, 5.74) is 2.60. The van der Waals surface area contributed by atoms with Gasteiger partial charge in [0, 0.05) is 10.9 Å². The van der Waals surface area contributed by atoms with E-state index in [1.165, 1.54) is 5.01 Å². The van der Waals surface area contributed by atoms with Gasteiger partial charge in [-0.1, -0.05) is 37.3 Å². The third-order valence-corrected chi connectivity index (χ3v) is 3.52. The fraction of sp³-hybridized carbons (Fsp3) is 0.200. The van der Waals surface area contributed by atoms with Gasteiger partial charge in [0.15, 0.2) is 6.29 Å². The molecule has 18 heavy (non-hydrogen) atoms. The Morgan fingerprint density at radius 1 is 1.22 bits per heavy atom. The lowest BCUT2D eigenvalue weighted by Crippen LogP contribution is -1.84. The van der Waals surface area contributed by atoms with Gasteiger partial charge in [0.1, 0.15) is 0 Å². The van der Waals surface area contributed by atoms with Crippen LogP contribution in [0.5, 0.6) is 0 Å². The highest BCUT2D eigenvalue weighted by Crippen LogP contribution is 2.15. The van der Waals surface area contributed by atoms with Crippen LogP contribution in [-0.4, -0.2) is 11.3 Å². The summed E-state index contributed by atoms with van der Waals surface area (Å²) in [6.45, 7) is 2.15. The van der Waals surface area contributed by atoms with E-state index in [4.69, 9.17) is 0 Å². The zero-order valence-electron chi connectivity index (χ0n) is 10.3. The van der Waals surface area contributed by atoms with Crippen LogP contribution in [0.15, 0.2) is 29.6 Å². The van der Waals surface area contributed by atoms with E-state index in [1.54, 1.807) is 11.3 Å². The van der Waals surface area contributed by atoms with Crippen molar-refractivity contribution in [3.05, 3.63) is 51.5 Å². The van der Waals surface area contributed by atoms with E-state index in [0.717, 1.165) is 30.4 Å². The van der Waals surface area contributed by atoms with Crippen LogP contribution in [0.4, 0.5) is 0 Å². The lowest BCUT2D eigenvalue weighted by atomic mass is 10.1. The Morgan fingerprint density at radius 2 is 2.00 bits per heavy atom. The van der Waals surface area contributed by atoms with Crippen molar-refractivity contribution in [3.63, 3.8) is 0 Å². The summed E-state index contributed by atoms with van der Waals surface area (Å²) in [6, 6.07) is 7.54. The van der Waals surface area contributed by atoms with Gasteiger partial charge in [-0.25, -0.2) is 4.98 Å². The molecule has 92 valence electrons. The van der Waals surface area contributed by atoms with E-state index in [1.807, 2.05) is 41.8 Å². The maximum absolute atomic E-state index is 10.9. The minimum Gasteiger partial charge on any atom is -0.298 e. The average molecular weight is 257 g/mol. The Labute approximate surface area is 111 Å². The van der Waals surface area contributed by atoms with E-state index in [-0.39, 0.29) is 0 Å². The maximum atomic E-state index is 10.9. The molecule has 0 atom stereocenters. The second kappa shape index (κ2) is 6.26. The molecule has 0 unspecified atom stereocenters. The minimum absolute atomic E-state index is 0.706. The molecule has 0 bridgehead atoms. The van der Waals surface area contributed by atoms with E-state index in [9.17, 15) is 4.79 Å². The molecule has 0 spiro atoms. The number of hydrogen-bond donors (Lipinski definition) is 0. The molecule has 0 radical (unpaired) electrons. The quantitative estimate of drug-likeness (QED) is 0.755. The van der Waals surface area contributed by atoms with Gasteiger partial charge in [-0.05, 0) is 24.5 Å². The number of rotatable bonds is 5. The normalized spacial score (nSPS) is 10.9. The highest BCUT2D eigenvalue weighted by molar-refractivity contribution is 7.09. The van der Waals surface area contributed by atoms with Gasteiger partial charge in [0.05, 0.1) is 10.7 Å². The second-order valence-electron chi connectivity index (χ2n) is 4.00. The van der Waals surface area contributed by atoms with E-state index in [2.05, 4.69) is 11.9 Å². The van der Waals surface area contributed by atoms with Gasteiger partial charge < -0.3 is 0 Å². The third-order valence-electron chi connectivity index (χ3n) is 2.59. The number of aryl methyl sites for hydroxylation is 1. The molecule has 0 fully saturated rings. The molecule has 2 rings (SSSR count). The van der Waals surface area contributed by atoms with E-state index >= 15 is 0 Å². The van der Waals surface area contributed by atoms with Gasteiger partial charge in [0.2, 0.25) is 0 Å². The SMILES string of the molecule is CCCc1nc(/C=C/c2ccccc2C=O)cs1. The monoisotopic (exact) mass is 257 g/mol. The van der Waals surface area contributed by atoms with Gasteiger partial charge in [-0.2, -0.15) is 0 Å². The van der Waals surface area contributed by atoms with Gasteiger partial charge in [0.25, 0.3) is 0 Å². The zero-order chi connectivity index (χ0) is 12.8. The van der Waals surface area contributed by atoms with Crippen LogP contribution in [0.25, 0.3) is 12.2 Å². The summed E-state index contributed by atoms with van der Waals surface area (Å²) in [5.74, 6) is 0. The highest BCUT2D eigenvalue weighted by atomic mass is 32.1. The largest absolute Gasteiger partial charge is 0.298 e. The third kappa shape index (κ3) is 3.14. The van der Waals surface area contributed by atoms with Crippen molar-refractivity contribution in [2.45, 2.75) is 19.8 Å². The number of aromatic nitrogens is 1. The van der Waals surface area contributed by atoms with E-state index < -0.39 is 0 Å². The predicted octanol–water partition coefficient (Wildman–Crippen LogP) is 4.08. The fourth-order valence-corrected chi connectivity index (χ4v) is 2.54. The molecule has 0 aliphatic heterocycles. The van der Waals surface area contributed by atoms with Crippen LogP contribution in [0.2, 0.25) is 0 Å². The highest BCUT2D eigenvalue weighted by Gasteiger charge is 1.99. The first kappa shape index (κ1) is 12.7. The number of carbonyl (C=O) groups is 1. The first-order valence-electron chi connectivity index (χ1n) is 6.00. The van der Waals surface area contributed by atoms with Gasteiger partial charge in [-0.15, -0.1) is 11.3 Å². The first-order chi connectivity index (χ1) is 8.83. The molecule has 0 N–H and O–H groups in total. The molecule has 2 aromatic rings. The second-order valence-corrected chi connectivity index (χ2v) is 4.94. The molecule has 1 aromatic carbocycles. The molecule has 1 aromatic heterocycles. The van der Waals surface area contributed by atoms with Crippen LogP contribution in [0.1, 0.15) is 40.0 Å². The number of aldehydes is 1. The van der Waals surface area contributed by atoms with Crippen molar-refractivity contribution in [1.82, 2.24) is 4.98 Å². The Balaban J connectivity index is 2.16. The lowest BCUT2D eigenvalue weighted by molar-refractivity contribution is 0.112. The van der Waals surface area contributed by atoms with Crippen LogP contribution in [-0.2, 0) is 6.42 Å². The molecular weight excluding hydrogens is 242 g/mol. The summed E-state index contributed by atoms with van der Waals surface area (Å²) in [5, 5.41) is 3.21. The first-order valence-corrected chi connectivity index (χ1v) is 6.88. The zero-order valence-corrected chi connectivity index (χ0v) is 11.1. The van der Waals surface area contributed by atoms with Crippen LogP contribution in [0, 0.1) is 0 Å².